The minimum Gasteiger partial charge on any atom is -0.342 e. The Morgan fingerprint density at radius 1 is 1.27 bits per heavy atom. The minimum atomic E-state index is -0.503. The van der Waals surface area contributed by atoms with Crippen LogP contribution in [0.5, 0.6) is 0 Å². The number of nitrogens with one attached hydrogen (secondary N) is 2. The highest BCUT2D eigenvalue weighted by Crippen LogP contribution is 2.20. The fraction of sp³-hybridized carbons (Fsp3) is 0.118. The molecule has 0 spiro atoms. The highest BCUT2D eigenvalue weighted by Gasteiger charge is 2.12. The van der Waals surface area contributed by atoms with Crippen LogP contribution in [0, 0.1) is 12.7 Å². The van der Waals surface area contributed by atoms with Gasteiger partial charge in [-0.05, 0) is 42.5 Å². The molecule has 8 nitrogen and oxygen atoms in total. The smallest absolute Gasteiger partial charge is 0.248 e. The summed E-state index contributed by atoms with van der Waals surface area (Å²) < 4.78 is 13.6. The summed E-state index contributed by atoms with van der Waals surface area (Å²) in [6.45, 7) is 1.70. The lowest BCUT2D eigenvalue weighted by atomic mass is 10.2. The summed E-state index contributed by atoms with van der Waals surface area (Å²) in [5.41, 5.74) is 2.58. The number of aromatic nitrogens is 6. The molecule has 0 unspecified atom stereocenters. The molecule has 0 atom stereocenters. The number of benzene rings is 2. The zero-order valence-corrected chi connectivity index (χ0v) is 13.8. The van der Waals surface area contributed by atoms with Crippen LogP contribution >= 0.6 is 0 Å². The van der Waals surface area contributed by atoms with Gasteiger partial charge in [0.15, 0.2) is 0 Å². The summed E-state index contributed by atoms with van der Waals surface area (Å²) in [7, 11) is 0. The van der Waals surface area contributed by atoms with Crippen molar-refractivity contribution in [2.75, 3.05) is 5.32 Å². The molecule has 2 heterocycles. The Labute approximate surface area is 147 Å². The fourth-order valence-electron chi connectivity index (χ4n) is 2.58. The molecule has 2 aromatic carbocycles. The van der Waals surface area contributed by atoms with Gasteiger partial charge in [-0.25, -0.2) is 9.37 Å². The van der Waals surface area contributed by atoms with Gasteiger partial charge in [-0.3, -0.25) is 4.79 Å². The van der Waals surface area contributed by atoms with E-state index in [1.54, 1.807) is 12.1 Å². The van der Waals surface area contributed by atoms with Gasteiger partial charge in [-0.1, -0.05) is 12.1 Å². The maximum atomic E-state index is 13.6. The van der Waals surface area contributed by atoms with E-state index in [9.17, 15) is 9.18 Å². The zero-order valence-electron chi connectivity index (χ0n) is 13.8. The number of H-pyrrole nitrogens is 1. The molecule has 2 N–H and O–H groups in total. The number of fused-ring (bicyclic) bond motifs is 1. The maximum absolute atomic E-state index is 13.6. The van der Waals surface area contributed by atoms with Crippen molar-refractivity contribution in [1.82, 2.24) is 30.2 Å². The van der Waals surface area contributed by atoms with Crippen LogP contribution in [0.1, 0.15) is 5.82 Å². The van der Waals surface area contributed by atoms with Gasteiger partial charge in [0.1, 0.15) is 18.2 Å². The molecule has 0 saturated heterocycles. The number of rotatable bonds is 4. The van der Waals surface area contributed by atoms with E-state index in [1.807, 2.05) is 25.1 Å². The van der Waals surface area contributed by atoms with E-state index < -0.39 is 11.7 Å². The number of anilines is 1. The SMILES string of the molecule is Cc1nc2ccc(-c3nnn(CC(=O)Nc4ccccc4F)n3)cc2[nH]1. The predicted octanol–water partition coefficient (Wildman–Crippen LogP) is 2.30. The number of para-hydroxylation sites is 1. The zero-order chi connectivity index (χ0) is 18.1. The standard InChI is InChI=1S/C17H14FN7O/c1-10-19-14-7-6-11(8-15(14)20-10)17-22-24-25(23-17)9-16(26)21-13-5-3-2-4-12(13)18/h2-8H,9H2,1H3,(H,19,20)(H,21,26). The average Bonchev–Trinajstić information content (AvgIpc) is 3.21. The van der Waals surface area contributed by atoms with Crippen LogP contribution in [0.2, 0.25) is 0 Å². The third kappa shape index (κ3) is 3.14. The highest BCUT2D eigenvalue weighted by molar-refractivity contribution is 5.90. The third-order valence-corrected chi connectivity index (χ3v) is 3.74. The van der Waals surface area contributed by atoms with E-state index in [0.717, 1.165) is 27.2 Å². The Morgan fingerprint density at radius 3 is 2.96 bits per heavy atom. The lowest BCUT2D eigenvalue weighted by Crippen LogP contribution is -2.21. The molecule has 0 bridgehead atoms. The normalized spacial score (nSPS) is 11.0. The van der Waals surface area contributed by atoms with Gasteiger partial charge in [0.2, 0.25) is 11.7 Å². The molecule has 26 heavy (non-hydrogen) atoms. The fourth-order valence-corrected chi connectivity index (χ4v) is 2.58. The summed E-state index contributed by atoms with van der Waals surface area (Å²) in [6, 6.07) is 11.5. The summed E-state index contributed by atoms with van der Waals surface area (Å²) in [5, 5.41) is 14.5. The number of imidazole rings is 1. The third-order valence-electron chi connectivity index (χ3n) is 3.74. The molecule has 4 aromatic rings. The number of aromatic amines is 1. The van der Waals surface area contributed by atoms with Crippen LogP contribution in [-0.4, -0.2) is 36.1 Å². The summed E-state index contributed by atoms with van der Waals surface area (Å²) >= 11 is 0. The Bertz CT molecular complexity index is 1100. The van der Waals surface area contributed by atoms with Gasteiger partial charge in [-0.15, -0.1) is 10.2 Å². The van der Waals surface area contributed by atoms with Crippen molar-refractivity contribution in [2.24, 2.45) is 0 Å². The minimum absolute atomic E-state index is 0.109. The van der Waals surface area contributed by atoms with E-state index in [4.69, 9.17) is 0 Å². The maximum Gasteiger partial charge on any atom is 0.248 e. The van der Waals surface area contributed by atoms with Crippen molar-refractivity contribution in [3.05, 3.63) is 54.1 Å². The first-order valence-electron chi connectivity index (χ1n) is 7.87. The molecule has 0 aliphatic carbocycles. The molecular weight excluding hydrogens is 337 g/mol. The number of carbonyl (C=O) groups is 1. The van der Waals surface area contributed by atoms with E-state index in [-0.39, 0.29) is 12.2 Å². The van der Waals surface area contributed by atoms with Gasteiger partial charge in [0, 0.05) is 5.56 Å². The number of tetrazole rings is 1. The number of hydrogen-bond acceptors (Lipinski definition) is 5. The van der Waals surface area contributed by atoms with Crippen molar-refractivity contribution in [3.63, 3.8) is 0 Å². The lowest BCUT2D eigenvalue weighted by Gasteiger charge is -2.04. The molecule has 1 amide bonds. The molecule has 2 aromatic heterocycles. The molecule has 0 saturated carbocycles. The quantitative estimate of drug-likeness (QED) is 0.587. The first kappa shape index (κ1) is 15.9. The van der Waals surface area contributed by atoms with E-state index in [2.05, 4.69) is 30.7 Å². The van der Waals surface area contributed by atoms with Crippen molar-refractivity contribution in [1.29, 1.82) is 0 Å². The van der Waals surface area contributed by atoms with Crippen molar-refractivity contribution in [2.45, 2.75) is 13.5 Å². The van der Waals surface area contributed by atoms with Crippen LogP contribution in [0.15, 0.2) is 42.5 Å². The molecule has 0 fully saturated rings. The number of carbonyl (C=O) groups excluding carboxylic acids is 1. The van der Waals surface area contributed by atoms with Gasteiger partial charge < -0.3 is 10.3 Å². The van der Waals surface area contributed by atoms with Crippen LogP contribution in [0.25, 0.3) is 22.4 Å². The monoisotopic (exact) mass is 351 g/mol. The van der Waals surface area contributed by atoms with Crippen LogP contribution in [0.3, 0.4) is 0 Å². The summed E-state index contributed by atoms with van der Waals surface area (Å²) in [5.74, 6) is 0.256. The topological polar surface area (TPSA) is 101 Å². The van der Waals surface area contributed by atoms with Crippen molar-refractivity contribution < 1.29 is 9.18 Å². The average molecular weight is 351 g/mol. The van der Waals surface area contributed by atoms with E-state index in [0.29, 0.717) is 5.82 Å². The van der Waals surface area contributed by atoms with Crippen molar-refractivity contribution in [3.8, 4) is 11.4 Å². The number of nitrogens with zero attached hydrogens (tertiary/aromatic N) is 5. The first-order chi connectivity index (χ1) is 12.6. The van der Waals surface area contributed by atoms with Crippen LogP contribution in [-0.2, 0) is 11.3 Å². The number of aryl methyl sites for hydroxylation is 1. The number of halogens is 1. The molecular formula is C17H14FN7O. The Kier molecular flexibility index (Phi) is 3.88. The Balaban J connectivity index is 1.50. The van der Waals surface area contributed by atoms with Crippen LogP contribution in [0.4, 0.5) is 10.1 Å². The Hall–Kier alpha value is -3.62. The predicted molar refractivity (Wildman–Crippen MR) is 92.7 cm³/mol. The molecule has 0 aliphatic heterocycles. The second-order valence-corrected chi connectivity index (χ2v) is 5.73. The molecule has 9 heteroatoms. The van der Waals surface area contributed by atoms with Crippen LogP contribution < -0.4 is 5.32 Å². The molecule has 4 rings (SSSR count). The van der Waals surface area contributed by atoms with Gasteiger partial charge in [0.05, 0.1) is 16.7 Å². The second-order valence-electron chi connectivity index (χ2n) is 5.73. The van der Waals surface area contributed by atoms with E-state index in [1.165, 1.54) is 12.1 Å². The molecule has 0 aliphatic rings. The number of hydrogen-bond donors (Lipinski definition) is 2. The van der Waals surface area contributed by atoms with Gasteiger partial charge in [-0.2, -0.15) is 4.80 Å². The van der Waals surface area contributed by atoms with E-state index >= 15 is 0 Å². The lowest BCUT2D eigenvalue weighted by molar-refractivity contribution is -0.117. The van der Waals surface area contributed by atoms with Gasteiger partial charge in [0.25, 0.3) is 0 Å². The molecule has 0 radical (unpaired) electrons. The largest absolute Gasteiger partial charge is 0.342 e. The molecule has 130 valence electrons. The Morgan fingerprint density at radius 2 is 2.12 bits per heavy atom. The first-order valence-corrected chi connectivity index (χ1v) is 7.87. The highest BCUT2D eigenvalue weighted by atomic mass is 19.1. The van der Waals surface area contributed by atoms with Gasteiger partial charge >= 0.3 is 0 Å². The summed E-state index contributed by atoms with van der Waals surface area (Å²) in [4.78, 5) is 20.7. The second kappa shape index (κ2) is 6.36. The number of amides is 1. The van der Waals surface area contributed by atoms with Crippen molar-refractivity contribution >= 4 is 22.6 Å². The summed E-state index contributed by atoms with van der Waals surface area (Å²) in [6.07, 6.45) is 0.